The normalized spacial score (nSPS) is 23.0. The van der Waals surface area contributed by atoms with E-state index in [1.807, 2.05) is 18.2 Å². The molecular weight excluding hydrogens is 570 g/mol. The number of ketones is 3. The van der Waals surface area contributed by atoms with Crippen molar-refractivity contribution in [2.45, 2.75) is 102 Å². The molecule has 1 saturated carbocycles. The van der Waals surface area contributed by atoms with Gasteiger partial charge in [-0.15, -0.1) is 0 Å². The van der Waals surface area contributed by atoms with Crippen LogP contribution in [0.15, 0.2) is 30.3 Å². The van der Waals surface area contributed by atoms with E-state index in [1.54, 1.807) is 32.9 Å². The second-order valence-corrected chi connectivity index (χ2v) is 11.7. The van der Waals surface area contributed by atoms with Crippen LogP contribution in [0, 0.1) is 0 Å². The summed E-state index contributed by atoms with van der Waals surface area (Å²) in [5.41, 5.74) is 4.23. The van der Waals surface area contributed by atoms with E-state index in [2.05, 4.69) is 16.0 Å². The first kappa shape index (κ1) is 34.8. The number of benzene rings is 1. The van der Waals surface area contributed by atoms with Gasteiger partial charge < -0.3 is 30.7 Å². The molecule has 13 heteroatoms. The lowest BCUT2D eigenvalue weighted by Gasteiger charge is -2.35. The molecule has 44 heavy (non-hydrogen) atoms. The van der Waals surface area contributed by atoms with Crippen molar-refractivity contribution in [2.75, 3.05) is 20.2 Å². The van der Waals surface area contributed by atoms with Crippen molar-refractivity contribution < 1.29 is 38.2 Å². The minimum Gasteiger partial charge on any atom is -0.445 e. The number of ether oxygens (including phenoxy) is 2. The molecule has 0 radical (unpaired) electrons. The highest BCUT2D eigenvalue weighted by molar-refractivity contribution is 6.35. The second-order valence-electron chi connectivity index (χ2n) is 11.7. The van der Waals surface area contributed by atoms with Gasteiger partial charge >= 0.3 is 6.09 Å². The predicted octanol–water partition coefficient (Wildman–Crippen LogP) is 0.769. The van der Waals surface area contributed by atoms with Crippen LogP contribution >= 0.6 is 0 Å². The molecule has 0 bridgehead atoms. The molecule has 1 aromatic carbocycles. The summed E-state index contributed by atoms with van der Waals surface area (Å²) in [6.07, 6.45) is -0.201. The molecule has 1 heterocycles. The highest BCUT2D eigenvalue weighted by atomic mass is 16.5. The van der Waals surface area contributed by atoms with Crippen LogP contribution in [0.3, 0.4) is 0 Å². The van der Waals surface area contributed by atoms with E-state index >= 15 is 0 Å². The molecule has 242 valence electrons. The smallest absolute Gasteiger partial charge is 0.408 e. The number of likely N-dealkylation sites (tertiary alicyclic amines) is 1. The molecule has 3 amide bonds. The minimum absolute atomic E-state index is 0.00397. The van der Waals surface area contributed by atoms with Crippen molar-refractivity contribution in [1.29, 1.82) is 0 Å². The second kappa shape index (κ2) is 15.9. The quantitative estimate of drug-likeness (QED) is 0.162. The third-order valence-electron chi connectivity index (χ3n) is 7.88. The molecule has 1 aromatic rings. The Kier molecular flexibility index (Phi) is 12.6. The summed E-state index contributed by atoms with van der Waals surface area (Å²) in [6, 6.07) is 5.93. The van der Waals surface area contributed by atoms with Crippen LogP contribution in [-0.4, -0.2) is 96.2 Å². The standard InChI is InChI=1S/C31H45N5O8/c1-19(2)35-31(25(37)17-24(43-4)27(31)39)26(38)23-14-10-16-36(23)29(41)22(13-8-9-15-33-28(40)20(3)32)34-30(42)44-18-21-11-6-5-7-12-21/h5-7,11-12,19-20,22-24,35H,8-10,13-18,32H2,1-4H3,(H,33,40)(H,34,42)/t20-,22-,23-,24?,31?/m0/s1. The summed E-state index contributed by atoms with van der Waals surface area (Å²) in [5.74, 6) is -2.74. The maximum Gasteiger partial charge on any atom is 0.408 e. The number of Topliss-reactive ketones (excluding diaryl/α,β-unsaturated/α-hetero) is 3. The number of nitrogens with two attached hydrogens (primary N) is 1. The van der Waals surface area contributed by atoms with Crippen molar-refractivity contribution in [2.24, 2.45) is 5.73 Å². The highest BCUT2D eigenvalue weighted by Crippen LogP contribution is 2.32. The molecule has 0 aromatic heterocycles. The molecule has 2 unspecified atom stereocenters. The number of nitrogens with zero attached hydrogens (tertiary/aromatic N) is 1. The Hall–Kier alpha value is -3.68. The third kappa shape index (κ3) is 8.27. The number of hydrogen-bond acceptors (Lipinski definition) is 10. The van der Waals surface area contributed by atoms with Crippen molar-refractivity contribution in [3.63, 3.8) is 0 Å². The Morgan fingerprint density at radius 3 is 2.41 bits per heavy atom. The van der Waals surface area contributed by atoms with Gasteiger partial charge in [0.15, 0.2) is 17.3 Å². The van der Waals surface area contributed by atoms with E-state index in [9.17, 15) is 28.8 Å². The summed E-state index contributed by atoms with van der Waals surface area (Å²) in [5, 5.41) is 8.27. The largest absolute Gasteiger partial charge is 0.445 e. The first-order valence-corrected chi connectivity index (χ1v) is 15.2. The molecule has 1 saturated heterocycles. The molecule has 3 rings (SSSR count). The fourth-order valence-corrected chi connectivity index (χ4v) is 5.66. The lowest BCUT2D eigenvalue weighted by atomic mass is 9.83. The first-order chi connectivity index (χ1) is 20.9. The van der Waals surface area contributed by atoms with Crippen molar-refractivity contribution in [3.8, 4) is 0 Å². The van der Waals surface area contributed by atoms with E-state index in [0.29, 0.717) is 25.8 Å². The number of methoxy groups -OCH3 is 1. The van der Waals surface area contributed by atoms with Gasteiger partial charge in [0.1, 0.15) is 18.8 Å². The lowest BCUT2D eigenvalue weighted by Crippen LogP contribution is -2.67. The predicted molar refractivity (Wildman–Crippen MR) is 160 cm³/mol. The molecule has 1 aliphatic heterocycles. The van der Waals surface area contributed by atoms with Crippen molar-refractivity contribution >= 4 is 35.3 Å². The van der Waals surface area contributed by atoms with E-state index in [-0.39, 0.29) is 44.4 Å². The SMILES string of the molecule is COC1CC(=O)C(NC(C)C)(C(=O)[C@@H]2CCCN2C(=O)[C@H](CCCCNC(=O)[C@H](C)N)NC(=O)OCc2ccccc2)C1=O. The topological polar surface area (TPSA) is 186 Å². The lowest BCUT2D eigenvalue weighted by molar-refractivity contribution is -0.148. The van der Waals surface area contributed by atoms with Crippen LogP contribution in [0.1, 0.15) is 64.9 Å². The van der Waals surface area contributed by atoms with Crippen LogP contribution in [-0.2, 0) is 40.1 Å². The molecule has 13 nitrogen and oxygen atoms in total. The number of alkyl carbamates (subject to hydrolysis) is 1. The fraction of sp³-hybridized carbons (Fsp3) is 0.613. The van der Waals surface area contributed by atoms with Crippen molar-refractivity contribution in [3.05, 3.63) is 35.9 Å². The molecule has 5 N–H and O–H groups in total. The monoisotopic (exact) mass is 615 g/mol. The zero-order chi connectivity index (χ0) is 32.4. The van der Waals surface area contributed by atoms with Crippen LogP contribution in [0.4, 0.5) is 4.79 Å². The zero-order valence-electron chi connectivity index (χ0n) is 25.9. The third-order valence-corrected chi connectivity index (χ3v) is 7.88. The number of carbonyl (C=O) groups excluding carboxylic acids is 6. The van der Waals surface area contributed by atoms with Gasteiger partial charge in [-0.3, -0.25) is 29.3 Å². The number of unbranched alkanes of at least 4 members (excludes halogenated alkanes) is 1. The van der Waals surface area contributed by atoms with Gasteiger partial charge in [0.05, 0.1) is 12.1 Å². The summed E-state index contributed by atoms with van der Waals surface area (Å²) >= 11 is 0. The molecule has 2 aliphatic rings. The zero-order valence-corrected chi connectivity index (χ0v) is 25.9. The number of carbonyl (C=O) groups is 6. The Bertz CT molecular complexity index is 1210. The van der Waals surface area contributed by atoms with Gasteiger partial charge in [-0.25, -0.2) is 4.79 Å². The Morgan fingerprint density at radius 1 is 1.09 bits per heavy atom. The summed E-state index contributed by atoms with van der Waals surface area (Å²) in [7, 11) is 1.31. The molecule has 0 spiro atoms. The van der Waals surface area contributed by atoms with Crippen LogP contribution in [0.2, 0.25) is 0 Å². The maximum atomic E-state index is 14.1. The fourth-order valence-electron chi connectivity index (χ4n) is 5.66. The Labute approximate surface area is 257 Å². The maximum absolute atomic E-state index is 14.1. The van der Waals surface area contributed by atoms with Crippen molar-refractivity contribution in [1.82, 2.24) is 20.9 Å². The van der Waals surface area contributed by atoms with Gasteiger partial charge in [-0.1, -0.05) is 30.3 Å². The summed E-state index contributed by atoms with van der Waals surface area (Å²) in [6.45, 7) is 5.57. The van der Waals surface area contributed by atoms with Gasteiger partial charge in [0.2, 0.25) is 17.4 Å². The molecular formula is C31H45N5O8. The van der Waals surface area contributed by atoms with Gasteiger partial charge in [0, 0.05) is 32.7 Å². The minimum atomic E-state index is -2.11. The van der Waals surface area contributed by atoms with Gasteiger partial charge in [-0.2, -0.15) is 0 Å². The average molecular weight is 616 g/mol. The van der Waals surface area contributed by atoms with Crippen LogP contribution < -0.4 is 21.7 Å². The molecule has 1 aliphatic carbocycles. The number of hydrogen-bond donors (Lipinski definition) is 4. The van der Waals surface area contributed by atoms with E-state index in [0.717, 1.165) is 5.56 Å². The molecule has 5 atom stereocenters. The van der Waals surface area contributed by atoms with E-state index < -0.39 is 59.1 Å². The highest BCUT2D eigenvalue weighted by Gasteiger charge is 2.62. The number of nitrogens with one attached hydrogen (secondary N) is 3. The Morgan fingerprint density at radius 2 is 1.80 bits per heavy atom. The van der Waals surface area contributed by atoms with Gasteiger partial charge in [-0.05, 0) is 58.4 Å². The van der Waals surface area contributed by atoms with E-state index in [1.165, 1.54) is 12.0 Å². The first-order valence-electron chi connectivity index (χ1n) is 15.2. The summed E-state index contributed by atoms with van der Waals surface area (Å²) < 4.78 is 10.6. The van der Waals surface area contributed by atoms with Crippen LogP contribution in [0.5, 0.6) is 0 Å². The van der Waals surface area contributed by atoms with Crippen LogP contribution in [0.25, 0.3) is 0 Å². The average Bonchev–Trinajstić information content (AvgIpc) is 3.58. The number of rotatable bonds is 15. The molecule has 2 fully saturated rings. The number of amides is 3. The van der Waals surface area contributed by atoms with Gasteiger partial charge in [0.25, 0.3) is 0 Å². The summed E-state index contributed by atoms with van der Waals surface area (Å²) in [4.78, 5) is 80.6. The Balaban J connectivity index is 1.78. The van der Waals surface area contributed by atoms with E-state index in [4.69, 9.17) is 15.2 Å².